The molecule has 37 heavy (non-hydrogen) atoms. The average Bonchev–Trinajstić information content (AvgIpc) is 3.20. The summed E-state index contributed by atoms with van der Waals surface area (Å²) in [6.45, 7) is 0.894. The quantitative estimate of drug-likeness (QED) is 0.449. The number of nitrogens with two attached hydrogens (primary N) is 1. The van der Waals surface area contributed by atoms with Gasteiger partial charge >= 0.3 is 11.4 Å². The smallest absolute Gasteiger partial charge is 0.355 e. The summed E-state index contributed by atoms with van der Waals surface area (Å²) in [6.07, 6.45) is 7.03. The second kappa shape index (κ2) is 10.5. The maximum Gasteiger partial charge on any atom is 0.355 e. The van der Waals surface area contributed by atoms with Crippen molar-refractivity contribution in [1.82, 2.24) is 24.6 Å². The SMILES string of the molecule is CSC(C)=C(N)Cn1c(=O)nc(NC2=CC3=CN(C)NC3C=C2Cl)n(Cc2cc(F)c(F)cc2F)c1=O. The summed E-state index contributed by atoms with van der Waals surface area (Å²) in [4.78, 5) is 31.0. The normalized spacial score (nSPS) is 17.6. The monoisotopic (exact) mass is 553 g/mol. The van der Waals surface area contributed by atoms with Crippen LogP contribution in [-0.4, -0.2) is 38.5 Å². The molecule has 0 saturated heterocycles. The van der Waals surface area contributed by atoms with Gasteiger partial charge in [-0.25, -0.2) is 32.8 Å². The molecular weight excluding hydrogens is 531 g/mol. The minimum Gasteiger partial charge on any atom is -0.400 e. The van der Waals surface area contributed by atoms with Gasteiger partial charge in [-0.3, -0.25) is 4.57 Å². The summed E-state index contributed by atoms with van der Waals surface area (Å²) in [7, 11) is 1.81. The molecule has 1 aromatic carbocycles. The van der Waals surface area contributed by atoms with Crippen molar-refractivity contribution in [2.45, 2.75) is 26.1 Å². The molecule has 2 heterocycles. The Labute approximate surface area is 218 Å². The lowest BCUT2D eigenvalue weighted by Crippen LogP contribution is -2.44. The molecule has 1 aromatic heterocycles. The van der Waals surface area contributed by atoms with E-state index in [4.69, 9.17) is 17.3 Å². The van der Waals surface area contributed by atoms with Crippen molar-refractivity contribution < 1.29 is 13.2 Å². The Kier molecular flexibility index (Phi) is 7.57. The fourth-order valence-corrected chi connectivity index (χ4v) is 4.31. The number of aromatic nitrogens is 3. The molecule has 0 bridgehead atoms. The van der Waals surface area contributed by atoms with E-state index < -0.39 is 35.4 Å². The van der Waals surface area contributed by atoms with Crippen molar-refractivity contribution in [2.24, 2.45) is 5.73 Å². The number of thioether (sulfide) groups is 1. The number of allylic oxidation sites excluding steroid dienone is 3. The van der Waals surface area contributed by atoms with Crippen LogP contribution in [0.15, 0.2) is 67.0 Å². The third-order valence-corrected chi connectivity index (χ3v) is 7.03. The Morgan fingerprint density at radius 1 is 1.22 bits per heavy atom. The summed E-state index contributed by atoms with van der Waals surface area (Å²) >= 11 is 7.76. The molecule has 0 fully saturated rings. The molecule has 9 nitrogen and oxygen atoms in total. The summed E-state index contributed by atoms with van der Waals surface area (Å²) < 4.78 is 43.6. The van der Waals surface area contributed by atoms with Crippen LogP contribution >= 0.6 is 23.4 Å². The van der Waals surface area contributed by atoms with Crippen molar-refractivity contribution >= 4 is 29.3 Å². The first kappa shape index (κ1) is 26.6. The fraction of sp³-hybridized carbons (Fsp3) is 0.261. The van der Waals surface area contributed by atoms with Crippen LogP contribution in [0.5, 0.6) is 0 Å². The van der Waals surface area contributed by atoms with Gasteiger partial charge in [-0.2, -0.15) is 4.98 Å². The molecule has 0 spiro atoms. The molecule has 1 atom stereocenters. The van der Waals surface area contributed by atoms with E-state index in [9.17, 15) is 22.8 Å². The molecule has 1 aliphatic heterocycles. The molecular formula is C23H23ClF3N7O2S. The lowest BCUT2D eigenvalue weighted by Gasteiger charge is -2.21. The number of rotatable bonds is 7. The van der Waals surface area contributed by atoms with Crippen molar-refractivity contribution in [3.63, 3.8) is 0 Å². The molecule has 196 valence electrons. The third kappa shape index (κ3) is 5.48. The lowest BCUT2D eigenvalue weighted by molar-refractivity contribution is 0.349. The first-order valence-electron chi connectivity index (χ1n) is 10.9. The molecule has 1 aliphatic carbocycles. The van der Waals surface area contributed by atoms with Gasteiger partial charge in [0.1, 0.15) is 5.82 Å². The number of fused-ring (bicyclic) bond motifs is 1. The van der Waals surface area contributed by atoms with Crippen LogP contribution in [0.1, 0.15) is 12.5 Å². The van der Waals surface area contributed by atoms with Gasteiger partial charge in [0, 0.05) is 35.5 Å². The van der Waals surface area contributed by atoms with Gasteiger partial charge in [0.25, 0.3) is 0 Å². The predicted molar refractivity (Wildman–Crippen MR) is 137 cm³/mol. The molecule has 2 aromatic rings. The minimum atomic E-state index is -1.37. The van der Waals surface area contributed by atoms with Gasteiger partial charge < -0.3 is 16.1 Å². The van der Waals surface area contributed by atoms with Crippen molar-refractivity contribution in [1.29, 1.82) is 0 Å². The maximum atomic E-state index is 14.5. The second-order valence-corrected chi connectivity index (χ2v) is 9.79. The van der Waals surface area contributed by atoms with E-state index in [1.807, 2.05) is 13.2 Å². The van der Waals surface area contributed by atoms with Crippen LogP contribution in [0.4, 0.5) is 19.1 Å². The zero-order valence-corrected chi connectivity index (χ0v) is 21.6. The molecule has 14 heteroatoms. The van der Waals surface area contributed by atoms with E-state index in [1.165, 1.54) is 11.8 Å². The van der Waals surface area contributed by atoms with E-state index in [-0.39, 0.29) is 34.8 Å². The topological polar surface area (TPSA) is 110 Å². The number of hydrazine groups is 1. The van der Waals surface area contributed by atoms with Crippen LogP contribution in [0.3, 0.4) is 0 Å². The molecule has 2 aliphatic rings. The van der Waals surface area contributed by atoms with E-state index in [0.717, 1.165) is 14.7 Å². The van der Waals surface area contributed by atoms with Gasteiger partial charge in [-0.05, 0) is 37.0 Å². The summed E-state index contributed by atoms with van der Waals surface area (Å²) in [5, 5.41) is 4.88. The van der Waals surface area contributed by atoms with Crippen LogP contribution in [0.25, 0.3) is 0 Å². The highest BCUT2D eigenvalue weighted by atomic mass is 35.5. The standard InChI is InChI=1S/C23H23ClF3N7O2S/c1-11(37-3)18(28)10-34-22(35)30-21(29-20-5-13-8-32(2)31-19(13)6-14(20)24)33(23(34)36)9-12-4-16(26)17(27)7-15(12)25/h4-8,19,31H,9-10,28H2,1-3H3,(H,29,30,35). The van der Waals surface area contributed by atoms with Crippen molar-refractivity contribution in [3.05, 3.63) is 101 Å². The Bertz CT molecular complexity index is 1510. The Morgan fingerprint density at radius 2 is 1.92 bits per heavy atom. The number of hydrogen-bond donors (Lipinski definition) is 3. The summed E-state index contributed by atoms with van der Waals surface area (Å²) in [6, 6.07) is 0.857. The van der Waals surface area contributed by atoms with Crippen LogP contribution in [-0.2, 0) is 13.1 Å². The highest BCUT2D eigenvalue weighted by Gasteiger charge is 2.26. The summed E-state index contributed by atoms with van der Waals surface area (Å²) in [5.74, 6) is -4.01. The Balaban J connectivity index is 1.83. The number of halogens is 4. The number of hydrogen-bond acceptors (Lipinski definition) is 8. The fourth-order valence-electron chi connectivity index (χ4n) is 3.75. The number of nitrogens with one attached hydrogen (secondary N) is 2. The van der Waals surface area contributed by atoms with E-state index in [1.54, 1.807) is 30.3 Å². The lowest BCUT2D eigenvalue weighted by atomic mass is 10.0. The molecule has 1 unspecified atom stereocenters. The summed E-state index contributed by atoms with van der Waals surface area (Å²) in [5.41, 5.74) is 8.47. The molecule has 0 amide bonds. The third-order valence-electron chi connectivity index (χ3n) is 5.83. The molecule has 0 radical (unpaired) electrons. The highest BCUT2D eigenvalue weighted by molar-refractivity contribution is 8.02. The van der Waals surface area contributed by atoms with Gasteiger partial charge in [0.2, 0.25) is 5.95 Å². The van der Waals surface area contributed by atoms with E-state index >= 15 is 0 Å². The van der Waals surface area contributed by atoms with Crippen molar-refractivity contribution in [2.75, 3.05) is 18.6 Å². The van der Waals surface area contributed by atoms with Crippen LogP contribution in [0, 0.1) is 17.5 Å². The first-order valence-corrected chi connectivity index (χ1v) is 12.5. The van der Waals surface area contributed by atoms with E-state index in [2.05, 4.69) is 15.7 Å². The predicted octanol–water partition coefficient (Wildman–Crippen LogP) is 2.56. The first-order chi connectivity index (χ1) is 17.5. The van der Waals surface area contributed by atoms with Gasteiger partial charge in [-0.15, -0.1) is 11.8 Å². The van der Waals surface area contributed by atoms with Crippen LogP contribution in [0.2, 0.25) is 0 Å². The number of anilines is 1. The molecule has 4 rings (SSSR count). The highest BCUT2D eigenvalue weighted by Crippen LogP contribution is 2.29. The largest absolute Gasteiger partial charge is 0.400 e. The van der Waals surface area contributed by atoms with E-state index in [0.29, 0.717) is 22.7 Å². The molecule has 4 N–H and O–H groups in total. The average molecular weight is 554 g/mol. The maximum absolute atomic E-state index is 14.5. The zero-order chi connectivity index (χ0) is 27.0. The Morgan fingerprint density at radius 3 is 2.62 bits per heavy atom. The number of benzene rings is 1. The van der Waals surface area contributed by atoms with Gasteiger partial charge in [0.15, 0.2) is 11.6 Å². The Hall–Kier alpha value is -3.42. The molecule has 0 saturated carbocycles. The number of nitrogens with zero attached hydrogens (tertiary/aromatic N) is 4. The van der Waals surface area contributed by atoms with Gasteiger partial charge in [-0.1, -0.05) is 11.6 Å². The minimum absolute atomic E-state index is 0.170. The van der Waals surface area contributed by atoms with Crippen molar-refractivity contribution in [3.8, 4) is 0 Å². The zero-order valence-electron chi connectivity index (χ0n) is 20.0. The second-order valence-electron chi connectivity index (χ2n) is 8.36. The van der Waals surface area contributed by atoms with Crippen LogP contribution < -0.4 is 27.9 Å². The van der Waals surface area contributed by atoms with Gasteiger partial charge in [0.05, 0.1) is 29.9 Å².